The van der Waals surface area contributed by atoms with E-state index in [-0.39, 0.29) is 11.7 Å². The van der Waals surface area contributed by atoms with Gasteiger partial charge in [-0.3, -0.25) is 9.69 Å². The largest absolute Gasteiger partial charge is 0.336 e. The molecular weight excluding hydrogens is 422 g/mol. The quantitative estimate of drug-likeness (QED) is 0.608. The molecule has 0 unspecified atom stereocenters. The molecule has 1 amide bonds. The minimum Gasteiger partial charge on any atom is -0.336 e. The van der Waals surface area contributed by atoms with Crippen molar-refractivity contribution in [1.29, 1.82) is 0 Å². The van der Waals surface area contributed by atoms with Gasteiger partial charge in [0.05, 0.1) is 5.75 Å². The topological polar surface area (TPSA) is 60.9 Å². The SMILES string of the molecule is CC(C)N(Cc1ccc(C(=O)N2CCN(S(=O)(=O)Cc3ccccc3)CC2)cc1)C(C)C. The highest BCUT2D eigenvalue weighted by Crippen LogP contribution is 2.17. The van der Waals surface area contributed by atoms with Crippen LogP contribution in [0.1, 0.15) is 49.2 Å². The molecule has 1 aliphatic rings. The molecule has 0 aliphatic carbocycles. The number of benzene rings is 2. The molecule has 7 heteroatoms. The lowest BCUT2D eigenvalue weighted by Gasteiger charge is -2.34. The van der Waals surface area contributed by atoms with E-state index in [2.05, 4.69) is 32.6 Å². The van der Waals surface area contributed by atoms with E-state index >= 15 is 0 Å². The van der Waals surface area contributed by atoms with Gasteiger partial charge in [-0.15, -0.1) is 0 Å². The Balaban J connectivity index is 1.57. The van der Waals surface area contributed by atoms with Gasteiger partial charge in [0.25, 0.3) is 5.91 Å². The maximum Gasteiger partial charge on any atom is 0.253 e. The van der Waals surface area contributed by atoms with Gasteiger partial charge in [-0.2, -0.15) is 4.31 Å². The van der Waals surface area contributed by atoms with Crippen LogP contribution in [0.5, 0.6) is 0 Å². The first kappa shape index (κ1) is 24.4. The summed E-state index contributed by atoms with van der Waals surface area (Å²) in [5.74, 6) is -0.0474. The molecule has 2 aromatic carbocycles. The highest BCUT2D eigenvalue weighted by atomic mass is 32.2. The first-order valence-corrected chi connectivity index (χ1v) is 12.9. The zero-order chi connectivity index (χ0) is 23.3. The molecule has 1 heterocycles. The van der Waals surface area contributed by atoms with Crippen molar-refractivity contribution < 1.29 is 13.2 Å². The van der Waals surface area contributed by atoms with Crippen LogP contribution in [0.3, 0.4) is 0 Å². The number of hydrogen-bond donors (Lipinski definition) is 0. The van der Waals surface area contributed by atoms with Crippen LogP contribution in [0.15, 0.2) is 54.6 Å². The van der Waals surface area contributed by atoms with E-state index in [1.54, 1.807) is 4.90 Å². The standard InChI is InChI=1S/C25H35N3O3S/c1-20(2)28(21(3)4)18-22-10-12-24(13-11-22)25(29)26-14-16-27(17-15-26)32(30,31)19-23-8-6-5-7-9-23/h5-13,20-21H,14-19H2,1-4H3. The van der Waals surface area contributed by atoms with Gasteiger partial charge in [-0.05, 0) is 51.0 Å². The maximum absolute atomic E-state index is 12.9. The second kappa shape index (κ2) is 10.6. The number of carbonyl (C=O) groups excluding carboxylic acids is 1. The van der Waals surface area contributed by atoms with Crippen molar-refractivity contribution in [2.45, 2.75) is 52.1 Å². The van der Waals surface area contributed by atoms with Crippen molar-refractivity contribution in [1.82, 2.24) is 14.1 Å². The smallest absolute Gasteiger partial charge is 0.253 e. The van der Waals surface area contributed by atoms with Crippen LogP contribution < -0.4 is 0 Å². The second-order valence-electron chi connectivity index (χ2n) is 8.99. The van der Waals surface area contributed by atoms with Gasteiger partial charge < -0.3 is 4.90 Å². The van der Waals surface area contributed by atoms with Crippen LogP contribution in [0.4, 0.5) is 0 Å². The third kappa shape index (κ3) is 6.18. The highest BCUT2D eigenvalue weighted by molar-refractivity contribution is 7.88. The molecule has 1 saturated heterocycles. The third-order valence-corrected chi connectivity index (χ3v) is 7.85. The number of rotatable bonds is 8. The van der Waals surface area contributed by atoms with Gasteiger partial charge in [-0.25, -0.2) is 8.42 Å². The van der Waals surface area contributed by atoms with Crippen molar-refractivity contribution in [2.75, 3.05) is 26.2 Å². The van der Waals surface area contributed by atoms with E-state index < -0.39 is 10.0 Å². The van der Waals surface area contributed by atoms with E-state index in [4.69, 9.17) is 0 Å². The summed E-state index contributed by atoms with van der Waals surface area (Å²) in [4.78, 5) is 17.1. The number of piperazine rings is 1. The molecule has 3 rings (SSSR count). The van der Waals surface area contributed by atoms with Crippen LogP contribution >= 0.6 is 0 Å². The predicted octanol–water partition coefficient (Wildman–Crippen LogP) is 3.59. The molecule has 0 aromatic heterocycles. The van der Waals surface area contributed by atoms with Crippen LogP contribution in [-0.4, -0.2) is 66.7 Å². The van der Waals surface area contributed by atoms with E-state index in [9.17, 15) is 13.2 Å². The average molecular weight is 458 g/mol. The predicted molar refractivity (Wildman–Crippen MR) is 129 cm³/mol. The number of sulfonamides is 1. The molecule has 6 nitrogen and oxygen atoms in total. The number of carbonyl (C=O) groups is 1. The summed E-state index contributed by atoms with van der Waals surface area (Å²) in [6.07, 6.45) is 0. The number of hydrogen-bond acceptors (Lipinski definition) is 4. The van der Waals surface area contributed by atoms with Crippen LogP contribution in [0, 0.1) is 0 Å². The Hall–Kier alpha value is -2.22. The Bertz CT molecular complexity index is 973. The van der Waals surface area contributed by atoms with Crippen molar-refractivity contribution in [2.24, 2.45) is 0 Å². The number of amides is 1. The molecular formula is C25H35N3O3S. The first-order chi connectivity index (χ1) is 15.2. The van der Waals surface area contributed by atoms with E-state index in [0.29, 0.717) is 43.8 Å². The van der Waals surface area contributed by atoms with Crippen molar-refractivity contribution in [3.8, 4) is 0 Å². The molecule has 0 bridgehead atoms. The summed E-state index contributed by atoms with van der Waals surface area (Å²) in [6, 6.07) is 17.9. The monoisotopic (exact) mass is 457 g/mol. The summed E-state index contributed by atoms with van der Waals surface area (Å²) in [5, 5.41) is 0. The fourth-order valence-electron chi connectivity index (χ4n) is 4.15. The van der Waals surface area contributed by atoms with Gasteiger partial charge in [0.1, 0.15) is 0 Å². The molecule has 1 fully saturated rings. The maximum atomic E-state index is 12.9. The molecule has 2 aromatic rings. The minimum absolute atomic E-state index is 0.00692. The summed E-state index contributed by atoms with van der Waals surface area (Å²) >= 11 is 0. The summed E-state index contributed by atoms with van der Waals surface area (Å²) in [6.45, 7) is 11.1. The Kier molecular flexibility index (Phi) is 8.09. The van der Waals surface area contributed by atoms with Crippen molar-refractivity contribution >= 4 is 15.9 Å². The Morgan fingerprint density at radius 3 is 1.94 bits per heavy atom. The van der Waals surface area contributed by atoms with E-state index in [1.165, 1.54) is 9.87 Å². The summed E-state index contributed by atoms with van der Waals surface area (Å²) in [7, 11) is -3.39. The fourth-order valence-corrected chi connectivity index (χ4v) is 5.67. The van der Waals surface area contributed by atoms with E-state index in [1.807, 2.05) is 54.6 Å². The molecule has 32 heavy (non-hydrogen) atoms. The minimum atomic E-state index is -3.39. The fraction of sp³-hybridized carbons (Fsp3) is 0.480. The first-order valence-electron chi connectivity index (χ1n) is 11.3. The Morgan fingerprint density at radius 1 is 0.844 bits per heavy atom. The zero-order valence-corrected chi connectivity index (χ0v) is 20.4. The molecule has 174 valence electrons. The van der Waals surface area contributed by atoms with Gasteiger partial charge in [0.15, 0.2) is 0 Å². The Morgan fingerprint density at radius 2 is 1.41 bits per heavy atom. The van der Waals surface area contributed by atoms with Crippen molar-refractivity contribution in [3.05, 3.63) is 71.3 Å². The summed E-state index contributed by atoms with van der Waals surface area (Å²) in [5.41, 5.74) is 2.61. The van der Waals surface area contributed by atoms with Crippen LogP contribution in [-0.2, 0) is 22.3 Å². The highest BCUT2D eigenvalue weighted by Gasteiger charge is 2.29. The van der Waals surface area contributed by atoms with Crippen molar-refractivity contribution in [3.63, 3.8) is 0 Å². The lowest BCUT2D eigenvalue weighted by molar-refractivity contribution is 0.0697. The second-order valence-corrected chi connectivity index (χ2v) is 11.0. The van der Waals surface area contributed by atoms with Gasteiger partial charge in [-0.1, -0.05) is 42.5 Å². The molecule has 0 atom stereocenters. The van der Waals surface area contributed by atoms with Gasteiger partial charge in [0.2, 0.25) is 10.0 Å². The lowest BCUT2D eigenvalue weighted by atomic mass is 10.1. The molecule has 0 saturated carbocycles. The summed E-state index contributed by atoms with van der Waals surface area (Å²) < 4.78 is 27.0. The van der Waals surface area contributed by atoms with E-state index in [0.717, 1.165) is 12.1 Å². The zero-order valence-electron chi connectivity index (χ0n) is 19.6. The molecule has 0 N–H and O–H groups in total. The molecule has 0 radical (unpaired) electrons. The average Bonchev–Trinajstić information content (AvgIpc) is 2.77. The Labute approximate surface area is 192 Å². The molecule has 1 aliphatic heterocycles. The van der Waals surface area contributed by atoms with Crippen LogP contribution in [0.25, 0.3) is 0 Å². The molecule has 0 spiro atoms. The third-order valence-electron chi connectivity index (χ3n) is 6.00. The van der Waals surface area contributed by atoms with Gasteiger partial charge >= 0.3 is 0 Å². The lowest BCUT2D eigenvalue weighted by Crippen LogP contribution is -2.50. The van der Waals surface area contributed by atoms with Crippen LogP contribution in [0.2, 0.25) is 0 Å². The normalized spacial score (nSPS) is 15.7. The van der Waals surface area contributed by atoms with Gasteiger partial charge in [0, 0.05) is 50.4 Å². The number of nitrogens with zero attached hydrogens (tertiary/aromatic N) is 3.